The smallest absolute Gasteiger partial charge is 0.109 e. The van der Waals surface area contributed by atoms with Crippen LogP contribution in [0.2, 0.25) is 0 Å². The summed E-state index contributed by atoms with van der Waals surface area (Å²) in [6.07, 6.45) is 4.22. The normalized spacial score (nSPS) is 54.8. The summed E-state index contributed by atoms with van der Waals surface area (Å²) in [5.41, 5.74) is -0.589. The molecule has 0 aromatic heterocycles. The van der Waals surface area contributed by atoms with Gasteiger partial charge in [-0.15, -0.1) is 11.8 Å². The van der Waals surface area contributed by atoms with Gasteiger partial charge in [-0.3, -0.25) is 4.21 Å². The van der Waals surface area contributed by atoms with Crippen molar-refractivity contribution in [2.24, 2.45) is 16.7 Å². The van der Waals surface area contributed by atoms with Crippen LogP contribution in [0.1, 0.15) is 46.5 Å². The van der Waals surface area contributed by atoms with Gasteiger partial charge < -0.3 is 5.11 Å². The van der Waals surface area contributed by atoms with Gasteiger partial charge in [0.05, 0.1) is 5.60 Å². The minimum Gasteiger partial charge on any atom is -0.387 e. The zero-order valence-corrected chi connectivity index (χ0v) is 13.2. The van der Waals surface area contributed by atoms with Crippen molar-refractivity contribution in [2.45, 2.75) is 56.6 Å². The van der Waals surface area contributed by atoms with Gasteiger partial charge in [0.15, 0.2) is 0 Å². The Bertz CT molecular complexity index is 395. The molecule has 0 radical (unpaired) electrons. The number of hydrogen-bond donors (Lipinski definition) is 1. The van der Waals surface area contributed by atoms with Gasteiger partial charge in [-0.1, -0.05) is 20.8 Å². The molecule has 2 aliphatic carbocycles. The Hall–Kier alpha value is 0.460. The lowest BCUT2D eigenvalue weighted by atomic mass is 9.65. The van der Waals surface area contributed by atoms with Crippen LogP contribution >= 0.6 is 11.8 Å². The third kappa shape index (κ3) is 1.43. The monoisotopic (exact) mass is 288 g/mol. The number of fused-ring (bicyclic) bond motifs is 2. The molecule has 18 heavy (non-hydrogen) atoms. The van der Waals surface area contributed by atoms with Crippen LogP contribution in [0, 0.1) is 16.7 Å². The molecule has 104 valence electrons. The van der Waals surface area contributed by atoms with Gasteiger partial charge in [0, 0.05) is 22.0 Å². The largest absolute Gasteiger partial charge is 0.387 e. The average molecular weight is 288 g/mol. The molecule has 0 spiro atoms. The molecule has 1 N–H and O–H groups in total. The molecule has 1 aliphatic heterocycles. The average Bonchev–Trinajstić information content (AvgIpc) is 2.61. The van der Waals surface area contributed by atoms with E-state index >= 15 is 0 Å². The van der Waals surface area contributed by atoms with E-state index < -0.39 is 16.4 Å². The summed E-state index contributed by atoms with van der Waals surface area (Å²) in [4.78, 5) is 0. The molecule has 2 saturated carbocycles. The third-order valence-corrected chi connectivity index (χ3v) is 10.2. The zero-order valence-electron chi connectivity index (χ0n) is 11.6. The van der Waals surface area contributed by atoms with Crippen molar-refractivity contribution in [1.29, 1.82) is 0 Å². The first-order valence-electron chi connectivity index (χ1n) is 7.04. The molecule has 0 aromatic rings. The Labute approximate surface area is 117 Å². The second-order valence-electron chi connectivity index (χ2n) is 7.06. The van der Waals surface area contributed by atoms with Crippen molar-refractivity contribution in [1.82, 2.24) is 0 Å². The van der Waals surface area contributed by atoms with Gasteiger partial charge >= 0.3 is 0 Å². The lowest BCUT2D eigenvalue weighted by Gasteiger charge is -2.49. The lowest BCUT2D eigenvalue weighted by molar-refractivity contribution is -0.0771. The van der Waals surface area contributed by atoms with E-state index in [1.807, 2.05) is 0 Å². The van der Waals surface area contributed by atoms with Crippen LogP contribution in [-0.4, -0.2) is 31.0 Å². The van der Waals surface area contributed by atoms with E-state index in [-0.39, 0.29) is 15.4 Å². The summed E-state index contributed by atoms with van der Waals surface area (Å²) in [5, 5.41) is 11.4. The maximum atomic E-state index is 12.3. The summed E-state index contributed by atoms with van der Waals surface area (Å²) in [6.45, 7) is 6.85. The summed E-state index contributed by atoms with van der Waals surface area (Å²) in [7, 11) is -0.855. The molecule has 3 rings (SSSR count). The topological polar surface area (TPSA) is 37.3 Å². The SMILES string of the molecule is CC1(C)[C@@H]2CC[C@@]1(C)[C@@](O)([C@H]1SCCC[S@]1=O)C2. The van der Waals surface area contributed by atoms with Crippen LogP contribution in [0.15, 0.2) is 0 Å². The van der Waals surface area contributed by atoms with Crippen molar-refractivity contribution in [2.75, 3.05) is 11.5 Å². The van der Waals surface area contributed by atoms with Gasteiger partial charge in [-0.05, 0) is 42.8 Å². The third-order valence-electron chi connectivity index (χ3n) is 6.34. The Balaban J connectivity index is 1.99. The fourth-order valence-corrected chi connectivity index (χ4v) is 8.57. The minimum atomic E-state index is -0.855. The number of thioether (sulfide) groups is 1. The number of rotatable bonds is 1. The maximum Gasteiger partial charge on any atom is 0.109 e. The fraction of sp³-hybridized carbons (Fsp3) is 1.00. The van der Waals surface area contributed by atoms with Crippen molar-refractivity contribution in [3.8, 4) is 0 Å². The van der Waals surface area contributed by atoms with Gasteiger partial charge in [-0.2, -0.15) is 0 Å². The van der Waals surface area contributed by atoms with E-state index in [9.17, 15) is 9.32 Å². The first-order valence-corrected chi connectivity index (χ1v) is 9.47. The summed E-state index contributed by atoms with van der Waals surface area (Å²) in [5.74, 6) is 2.44. The van der Waals surface area contributed by atoms with Crippen molar-refractivity contribution >= 4 is 22.6 Å². The van der Waals surface area contributed by atoms with E-state index in [4.69, 9.17) is 0 Å². The molecule has 2 bridgehead atoms. The molecule has 4 heteroatoms. The highest BCUT2D eigenvalue weighted by atomic mass is 32.2. The van der Waals surface area contributed by atoms with E-state index in [0.29, 0.717) is 5.92 Å². The van der Waals surface area contributed by atoms with E-state index in [1.54, 1.807) is 11.8 Å². The maximum absolute atomic E-state index is 12.3. The highest BCUT2D eigenvalue weighted by molar-refractivity contribution is 8.12. The Morgan fingerprint density at radius 3 is 2.56 bits per heavy atom. The first kappa shape index (κ1) is 13.4. The second-order valence-corrected chi connectivity index (χ2v) is 10.2. The summed E-state index contributed by atoms with van der Waals surface area (Å²) in [6, 6.07) is 0. The quantitative estimate of drug-likeness (QED) is 0.806. The van der Waals surface area contributed by atoms with E-state index in [0.717, 1.165) is 30.8 Å². The molecule has 1 saturated heterocycles. The van der Waals surface area contributed by atoms with Crippen LogP contribution in [0.4, 0.5) is 0 Å². The molecule has 1 heterocycles. The second kappa shape index (κ2) is 3.98. The molecule has 3 aliphatic rings. The first-order chi connectivity index (χ1) is 8.33. The highest BCUT2D eigenvalue weighted by Gasteiger charge is 2.71. The number of aliphatic hydroxyl groups is 1. The Kier molecular flexibility index (Phi) is 2.98. The van der Waals surface area contributed by atoms with Crippen LogP contribution in [0.25, 0.3) is 0 Å². The Morgan fingerprint density at radius 1 is 1.33 bits per heavy atom. The van der Waals surface area contributed by atoms with E-state index in [2.05, 4.69) is 20.8 Å². The minimum absolute atomic E-state index is 0.0548. The molecule has 2 nitrogen and oxygen atoms in total. The van der Waals surface area contributed by atoms with Gasteiger partial charge in [0.25, 0.3) is 0 Å². The fourth-order valence-electron chi connectivity index (χ4n) is 4.62. The Morgan fingerprint density at radius 2 is 2.06 bits per heavy atom. The van der Waals surface area contributed by atoms with Crippen LogP contribution in [0.3, 0.4) is 0 Å². The predicted molar refractivity (Wildman–Crippen MR) is 78.1 cm³/mol. The van der Waals surface area contributed by atoms with Crippen molar-refractivity contribution in [3.63, 3.8) is 0 Å². The van der Waals surface area contributed by atoms with Gasteiger partial charge in [0.1, 0.15) is 4.58 Å². The van der Waals surface area contributed by atoms with Crippen molar-refractivity contribution < 1.29 is 9.32 Å². The standard InChI is InChI=1S/C14H24O2S2/c1-12(2)10-5-6-13(12,3)14(15,9-10)11-17-7-4-8-18(11)16/h10-11,15H,4-9H2,1-3H3/t10-,11+,13-,14+,18-/m1/s1. The molecule has 0 aromatic carbocycles. The molecule has 5 atom stereocenters. The van der Waals surface area contributed by atoms with Crippen LogP contribution in [0.5, 0.6) is 0 Å². The lowest BCUT2D eigenvalue weighted by Crippen LogP contribution is -2.56. The molecular formula is C14H24O2S2. The number of hydrogen-bond acceptors (Lipinski definition) is 3. The van der Waals surface area contributed by atoms with Gasteiger partial charge in [-0.25, -0.2) is 0 Å². The molecule has 3 fully saturated rings. The predicted octanol–water partition coefficient (Wildman–Crippen LogP) is 2.78. The summed E-state index contributed by atoms with van der Waals surface area (Å²) < 4.78 is 12.3. The van der Waals surface area contributed by atoms with Gasteiger partial charge in [0.2, 0.25) is 0 Å². The van der Waals surface area contributed by atoms with Crippen LogP contribution < -0.4 is 0 Å². The van der Waals surface area contributed by atoms with Crippen LogP contribution in [-0.2, 0) is 10.8 Å². The zero-order chi connectivity index (χ0) is 13.2. The molecule has 0 amide bonds. The molecular weight excluding hydrogens is 264 g/mol. The van der Waals surface area contributed by atoms with Crippen molar-refractivity contribution in [3.05, 3.63) is 0 Å². The van der Waals surface area contributed by atoms with E-state index in [1.165, 1.54) is 6.42 Å². The highest BCUT2D eigenvalue weighted by Crippen LogP contribution is 2.71. The molecule has 0 unspecified atom stereocenters. The summed E-state index contributed by atoms with van der Waals surface area (Å²) >= 11 is 1.76.